The molecule has 190 valence electrons. The molecule has 0 spiro atoms. The van der Waals surface area contributed by atoms with Crippen LogP contribution in [0, 0.1) is 24.1 Å². The van der Waals surface area contributed by atoms with Crippen molar-refractivity contribution in [2.45, 2.75) is 43.4 Å². The molecule has 4 unspecified atom stereocenters. The van der Waals surface area contributed by atoms with Crippen LogP contribution < -0.4 is 0 Å². The molecule has 0 radical (unpaired) electrons. The first-order valence-electron chi connectivity index (χ1n) is 11.9. The van der Waals surface area contributed by atoms with Crippen molar-refractivity contribution in [2.75, 3.05) is 7.11 Å². The summed E-state index contributed by atoms with van der Waals surface area (Å²) in [4.78, 5) is 17.6. The van der Waals surface area contributed by atoms with Crippen LogP contribution in [0.3, 0.4) is 0 Å². The molecule has 1 aliphatic carbocycles. The largest absolute Gasteiger partial charge is 0.530 e. The highest BCUT2D eigenvalue weighted by Gasteiger charge is 2.75. The zero-order valence-corrected chi connectivity index (χ0v) is 21.7. The van der Waals surface area contributed by atoms with Gasteiger partial charge in [-0.1, -0.05) is 62.2 Å². The third-order valence-electron chi connectivity index (χ3n) is 7.29. The summed E-state index contributed by atoms with van der Waals surface area (Å²) < 4.78 is 32.3. The van der Waals surface area contributed by atoms with Crippen LogP contribution in [0.2, 0.25) is 0 Å². The second-order valence-corrected chi connectivity index (χ2v) is 11.1. The Bertz CT molecular complexity index is 1400. The highest BCUT2D eigenvalue weighted by molar-refractivity contribution is 7.42. The monoisotopic (exact) mass is 520 g/mol. The highest BCUT2D eigenvalue weighted by Crippen LogP contribution is 2.57. The van der Waals surface area contributed by atoms with Crippen LogP contribution in [0.15, 0.2) is 60.8 Å². The maximum absolute atomic E-state index is 13.9. The fourth-order valence-corrected chi connectivity index (χ4v) is 6.86. The number of rotatable bonds is 8. The number of fused-ring (bicyclic) bond motifs is 3. The second-order valence-electron chi connectivity index (χ2n) is 9.49. The summed E-state index contributed by atoms with van der Waals surface area (Å²) in [5.74, 6) is -1.89. The van der Waals surface area contributed by atoms with Gasteiger partial charge >= 0.3 is 19.2 Å². The maximum atomic E-state index is 13.9. The third-order valence-corrected chi connectivity index (χ3v) is 9.25. The van der Waals surface area contributed by atoms with Crippen LogP contribution in [-0.2, 0) is 26.7 Å². The molecule has 1 aliphatic rings. The van der Waals surface area contributed by atoms with E-state index in [0.717, 1.165) is 30.4 Å². The SMILES string of the molecule is C#CC(O)(C(c1ccc(F)cc1)c1cnc2c(c1)CCc1ccccc1-2)C(C(=O)O)(C(C)C)[P+](=O)OC. The van der Waals surface area contributed by atoms with Gasteiger partial charge in [0.1, 0.15) is 5.82 Å². The molecule has 0 saturated heterocycles. The number of benzene rings is 2. The summed E-state index contributed by atoms with van der Waals surface area (Å²) in [7, 11) is -1.89. The average molecular weight is 521 g/mol. The zero-order chi connectivity index (χ0) is 27.0. The van der Waals surface area contributed by atoms with Gasteiger partial charge in [-0.15, -0.1) is 10.9 Å². The smallest absolute Gasteiger partial charge is 0.477 e. The molecule has 1 aromatic heterocycles. The fourth-order valence-electron chi connectivity index (χ4n) is 5.52. The van der Waals surface area contributed by atoms with Crippen molar-refractivity contribution >= 4 is 14.0 Å². The Morgan fingerprint density at radius 2 is 1.78 bits per heavy atom. The number of hydrogen-bond acceptors (Lipinski definition) is 5. The molecule has 4 rings (SSSR count). The molecule has 2 N–H and O–H groups in total. The number of hydrogen-bond donors (Lipinski definition) is 2. The molecular weight excluding hydrogens is 492 g/mol. The van der Waals surface area contributed by atoms with Crippen LogP contribution >= 0.6 is 8.03 Å². The molecule has 37 heavy (non-hydrogen) atoms. The molecule has 0 bridgehead atoms. The van der Waals surface area contributed by atoms with E-state index in [4.69, 9.17) is 15.9 Å². The number of carboxylic acids is 1. The van der Waals surface area contributed by atoms with Crippen molar-refractivity contribution in [2.24, 2.45) is 5.92 Å². The molecule has 0 amide bonds. The van der Waals surface area contributed by atoms with E-state index < -0.39 is 42.4 Å². The third kappa shape index (κ3) is 4.16. The van der Waals surface area contributed by atoms with Gasteiger partial charge in [0.25, 0.3) is 0 Å². The normalized spacial score (nSPS) is 16.9. The molecular formula is C29H28FNO5P+. The predicted octanol–water partition coefficient (Wildman–Crippen LogP) is 5.35. The molecule has 0 aliphatic heterocycles. The molecule has 4 atom stereocenters. The van der Waals surface area contributed by atoms with Crippen LogP contribution in [0.1, 0.15) is 42.0 Å². The molecule has 0 fully saturated rings. The van der Waals surface area contributed by atoms with Crippen molar-refractivity contribution < 1.29 is 28.5 Å². The van der Waals surface area contributed by atoms with E-state index in [1.165, 1.54) is 43.7 Å². The number of pyridine rings is 1. The Morgan fingerprint density at radius 1 is 1.14 bits per heavy atom. The summed E-state index contributed by atoms with van der Waals surface area (Å²) in [6.07, 6.45) is 8.94. The zero-order valence-electron chi connectivity index (χ0n) is 20.8. The first-order chi connectivity index (χ1) is 17.6. The van der Waals surface area contributed by atoms with Crippen molar-refractivity contribution in [1.29, 1.82) is 0 Å². The van der Waals surface area contributed by atoms with E-state index in [-0.39, 0.29) is 0 Å². The van der Waals surface area contributed by atoms with Crippen molar-refractivity contribution in [3.63, 3.8) is 0 Å². The fraction of sp³-hybridized carbons (Fsp3) is 0.310. The first-order valence-corrected chi connectivity index (χ1v) is 13.1. The number of terminal acetylenes is 1. The van der Waals surface area contributed by atoms with Crippen molar-refractivity contribution in [3.05, 3.63) is 88.9 Å². The summed E-state index contributed by atoms with van der Waals surface area (Å²) >= 11 is 0. The van der Waals surface area contributed by atoms with Gasteiger partial charge in [0.15, 0.2) is 5.60 Å². The van der Waals surface area contributed by atoms with E-state index >= 15 is 0 Å². The van der Waals surface area contributed by atoms with Gasteiger partial charge in [0, 0.05) is 17.7 Å². The van der Waals surface area contributed by atoms with Gasteiger partial charge in [-0.05, 0) is 51.8 Å². The summed E-state index contributed by atoms with van der Waals surface area (Å²) in [6.45, 7) is 3.04. The predicted molar refractivity (Wildman–Crippen MR) is 139 cm³/mol. The van der Waals surface area contributed by atoms with Crippen molar-refractivity contribution in [1.82, 2.24) is 4.98 Å². The van der Waals surface area contributed by atoms with Gasteiger partial charge in [-0.2, -0.15) is 0 Å². The quantitative estimate of drug-likeness (QED) is 0.307. The minimum Gasteiger partial charge on any atom is -0.477 e. The van der Waals surface area contributed by atoms with E-state index in [0.29, 0.717) is 17.5 Å². The molecule has 2 aromatic carbocycles. The Morgan fingerprint density at radius 3 is 2.38 bits per heavy atom. The topological polar surface area (TPSA) is 96.7 Å². The standard InChI is InChI=1S/C29H27FNO5P/c1-5-28(34,29(18(2)3,27(32)33)37(35)36-4)25(20-12-14-23(30)15-13-20)22-16-21-11-10-19-8-6-7-9-24(19)26(21)31-17-22/h1,6-9,12-18,25,34H,10-11H2,2-4H3/p+1. The van der Waals surface area contributed by atoms with Crippen molar-refractivity contribution in [3.8, 4) is 23.6 Å². The summed E-state index contributed by atoms with van der Waals surface area (Å²) in [5.41, 5.74) is 2.11. The van der Waals surface area contributed by atoms with E-state index in [9.17, 15) is 24.0 Å². The lowest BCUT2D eigenvalue weighted by atomic mass is 9.66. The first kappa shape index (κ1) is 26.6. The van der Waals surface area contributed by atoms with E-state index in [2.05, 4.69) is 12.0 Å². The van der Waals surface area contributed by atoms with Crippen LogP contribution in [0.4, 0.5) is 4.39 Å². The van der Waals surface area contributed by atoms with Crippen LogP contribution in [-0.4, -0.2) is 39.0 Å². The lowest BCUT2D eigenvalue weighted by molar-refractivity contribution is -0.149. The highest BCUT2D eigenvalue weighted by atomic mass is 31.1. The molecule has 8 heteroatoms. The molecule has 0 saturated carbocycles. The van der Waals surface area contributed by atoms with Crippen LogP contribution in [0.25, 0.3) is 11.3 Å². The number of aliphatic carboxylic acids is 1. The van der Waals surface area contributed by atoms with Gasteiger partial charge in [-0.3, -0.25) is 4.98 Å². The Kier molecular flexibility index (Phi) is 7.30. The van der Waals surface area contributed by atoms with E-state index in [1.54, 1.807) is 6.20 Å². The number of aryl methyl sites for hydroxylation is 2. The molecule has 1 heterocycles. The average Bonchev–Trinajstić information content (AvgIpc) is 2.89. The number of carboxylic acid groups (broad SMARTS) is 1. The second kappa shape index (κ2) is 10.1. The Hall–Kier alpha value is -3.43. The minimum atomic E-state index is -3.00. The summed E-state index contributed by atoms with van der Waals surface area (Å²) in [5, 5.41) is 20.3. The lowest BCUT2D eigenvalue weighted by Gasteiger charge is -2.40. The number of halogens is 1. The number of nitrogens with zero attached hydrogens (tertiary/aromatic N) is 1. The molecule has 6 nitrogen and oxygen atoms in total. The maximum Gasteiger partial charge on any atom is 0.530 e. The van der Waals surface area contributed by atoms with Gasteiger partial charge in [0.05, 0.1) is 18.7 Å². The van der Waals surface area contributed by atoms with Gasteiger partial charge in [-0.25, -0.2) is 9.18 Å². The Balaban J connectivity index is 2.01. The minimum absolute atomic E-state index is 0.352. The van der Waals surface area contributed by atoms with E-state index in [1.807, 2.05) is 24.3 Å². The van der Waals surface area contributed by atoms with Gasteiger partial charge in [0.2, 0.25) is 0 Å². The summed E-state index contributed by atoms with van der Waals surface area (Å²) in [6, 6.07) is 15.1. The Labute approximate surface area is 216 Å². The lowest BCUT2D eigenvalue weighted by Crippen LogP contribution is -2.62. The number of aromatic nitrogens is 1. The van der Waals surface area contributed by atoms with Crippen LogP contribution in [0.5, 0.6) is 0 Å². The number of aliphatic hydroxyl groups is 1. The number of carbonyl (C=O) groups is 1. The molecule has 3 aromatic rings. The van der Waals surface area contributed by atoms with Gasteiger partial charge < -0.3 is 10.2 Å².